The Morgan fingerprint density at radius 2 is 2.00 bits per heavy atom. The highest BCUT2D eigenvalue weighted by molar-refractivity contribution is 5.75. The summed E-state index contributed by atoms with van der Waals surface area (Å²) in [4.78, 5) is 13.5. The monoisotopic (exact) mass is 195 g/mol. The average Bonchev–Trinajstić information content (AvgIpc) is 1.89. The fourth-order valence-corrected chi connectivity index (χ4v) is 3.15. The van der Waals surface area contributed by atoms with E-state index in [4.69, 9.17) is 0 Å². The molecule has 2 aliphatic rings. The van der Waals surface area contributed by atoms with Crippen molar-refractivity contribution in [2.24, 2.45) is 11.3 Å². The zero-order valence-electron chi connectivity index (χ0n) is 9.55. The molecule has 0 aromatic carbocycles. The van der Waals surface area contributed by atoms with Crippen molar-refractivity contribution in [1.82, 2.24) is 4.90 Å². The van der Waals surface area contributed by atoms with Gasteiger partial charge in [0, 0.05) is 25.6 Å². The molecule has 0 N–H and O–H groups in total. The molecule has 80 valence electrons. The molecule has 1 aliphatic heterocycles. The molecular formula is C12H21NO. The first-order valence-electron chi connectivity index (χ1n) is 5.74. The van der Waals surface area contributed by atoms with Crippen molar-refractivity contribution in [2.75, 3.05) is 13.1 Å². The van der Waals surface area contributed by atoms with E-state index in [1.54, 1.807) is 6.92 Å². The molecular weight excluding hydrogens is 174 g/mol. The minimum atomic E-state index is 0.366. The Balaban J connectivity index is 1.72. The summed E-state index contributed by atoms with van der Waals surface area (Å²) < 4.78 is 0. The van der Waals surface area contributed by atoms with E-state index in [-0.39, 0.29) is 0 Å². The van der Waals surface area contributed by atoms with E-state index >= 15 is 0 Å². The lowest BCUT2D eigenvalue weighted by molar-refractivity contribution is -0.128. The summed E-state index contributed by atoms with van der Waals surface area (Å²) in [5.41, 5.74) is 0.629. The van der Waals surface area contributed by atoms with Crippen LogP contribution in [0.3, 0.4) is 0 Å². The van der Waals surface area contributed by atoms with Crippen molar-refractivity contribution in [1.29, 1.82) is 0 Å². The van der Waals surface area contributed by atoms with Crippen molar-refractivity contribution >= 4 is 5.78 Å². The summed E-state index contributed by atoms with van der Waals surface area (Å²) >= 11 is 0. The highest BCUT2D eigenvalue weighted by Gasteiger charge is 2.52. The summed E-state index contributed by atoms with van der Waals surface area (Å²) in [6, 6.07) is 0.701. The normalized spacial score (nSPS) is 26.3. The van der Waals surface area contributed by atoms with Crippen molar-refractivity contribution < 1.29 is 4.79 Å². The molecule has 0 aromatic rings. The van der Waals surface area contributed by atoms with Crippen molar-refractivity contribution in [2.45, 2.75) is 46.1 Å². The first-order valence-corrected chi connectivity index (χ1v) is 5.74. The summed E-state index contributed by atoms with van der Waals surface area (Å²) in [7, 11) is 0. The highest BCUT2D eigenvalue weighted by atomic mass is 16.1. The van der Waals surface area contributed by atoms with Gasteiger partial charge in [0.1, 0.15) is 5.78 Å². The number of ketones is 1. The van der Waals surface area contributed by atoms with Crippen molar-refractivity contribution in [3.05, 3.63) is 0 Å². The Morgan fingerprint density at radius 1 is 1.43 bits per heavy atom. The third-order valence-corrected chi connectivity index (χ3v) is 3.83. The van der Waals surface area contributed by atoms with Gasteiger partial charge in [0.25, 0.3) is 0 Å². The van der Waals surface area contributed by atoms with Crippen LogP contribution in [0.25, 0.3) is 0 Å². The second kappa shape index (κ2) is 3.34. The van der Waals surface area contributed by atoms with Gasteiger partial charge < -0.3 is 4.79 Å². The minimum Gasteiger partial charge on any atom is -0.300 e. The lowest BCUT2D eigenvalue weighted by atomic mass is 9.56. The predicted molar refractivity (Wildman–Crippen MR) is 57.2 cm³/mol. The van der Waals surface area contributed by atoms with E-state index in [1.807, 2.05) is 0 Å². The van der Waals surface area contributed by atoms with Crippen LogP contribution >= 0.6 is 0 Å². The Bertz CT molecular complexity index is 233. The Morgan fingerprint density at radius 3 is 2.43 bits per heavy atom. The standard InChI is InChI=1S/C12H21NO/c1-9(2)13-7-12(8-13)5-11(6-12)4-10(3)14/h9,11H,4-8H2,1-3H3. The maximum atomic E-state index is 10.9. The van der Waals surface area contributed by atoms with E-state index in [1.165, 1.54) is 25.9 Å². The fraction of sp³-hybridized carbons (Fsp3) is 0.917. The zero-order valence-corrected chi connectivity index (χ0v) is 9.55. The highest BCUT2D eigenvalue weighted by Crippen LogP contribution is 2.53. The summed E-state index contributed by atoms with van der Waals surface area (Å²) in [5, 5.41) is 0. The van der Waals surface area contributed by atoms with Crippen LogP contribution < -0.4 is 0 Å². The van der Waals surface area contributed by atoms with Crippen LogP contribution in [0, 0.1) is 11.3 Å². The molecule has 1 saturated carbocycles. The number of hydrogen-bond donors (Lipinski definition) is 0. The average molecular weight is 195 g/mol. The SMILES string of the molecule is CC(=O)CC1CC2(C1)CN(C(C)C)C2. The first kappa shape index (κ1) is 10.2. The summed E-state index contributed by atoms with van der Waals surface area (Å²) in [6.45, 7) is 8.79. The van der Waals surface area contributed by atoms with Gasteiger partial charge in [-0.25, -0.2) is 0 Å². The first-order chi connectivity index (χ1) is 6.51. The maximum Gasteiger partial charge on any atom is 0.130 e. The quantitative estimate of drug-likeness (QED) is 0.687. The predicted octanol–water partition coefficient (Wildman–Crippen LogP) is 2.09. The maximum absolute atomic E-state index is 10.9. The Labute approximate surface area is 86.7 Å². The van der Waals surface area contributed by atoms with Crippen LogP contribution in [0.2, 0.25) is 0 Å². The Kier molecular flexibility index (Phi) is 2.42. The number of rotatable bonds is 3. The zero-order chi connectivity index (χ0) is 10.3. The molecule has 1 saturated heterocycles. The van der Waals surface area contributed by atoms with Crippen LogP contribution in [-0.2, 0) is 4.79 Å². The van der Waals surface area contributed by atoms with Crippen molar-refractivity contribution in [3.8, 4) is 0 Å². The molecule has 2 heteroatoms. The largest absolute Gasteiger partial charge is 0.300 e. The molecule has 0 unspecified atom stereocenters. The molecule has 14 heavy (non-hydrogen) atoms. The molecule has 0 bridgehead atoms. The molecule has 2 fully saturated rings. The van der Waals surface area contributed by atoms with E-state index in [2.05, 4.69) is 18.7 Å². The molecule has 1 spiro atoms. The number of Topliss-reactive ketones (excluding diaryl/α,β-unsaturated/α-hetero) is 1. The van der Waals surface area contributed by atoms with E-state index in [0.29, 0.717) is 23.2 Å². The number of carbonyl (C=O) groups excluding carboxylic acids is 1. The number of likely N-dealkylation sites (tertiary alicyclic amines) is 1. The van der Waals surface area contributed by atoms with E-state index in [9.17, 15) is 4.79 Å². The molecule has 0 amide bonds. The van der Waals surface area contributed by atoms with Crippen molar-refractivity contribution in [3.63, 3.8) is 0 Å². The second-order valence-corrected chi connectivity index (χ2v) is 5.68. The van der Waals surface area contributed by atoms with Crippen LogP contribution in [0.1, 0.15) is 40.0 Å². The number of carbonyl (C=O) groups is 1. The molecule has 0 atom stereocenters. The molecule has 2 rings (SSSR count). The van der Waals surface area contributed by atoms with Gasteiger partial charge in [0.05, 0.1) is 0 Å². The number of nitrogens with zero attached hydrogens (tertiary/aromatic N) is 1. The van der Waals surface area contributed by atoms with Gasteiger partial charge >= 0.3 is 0 Å². The smallest absolute Gasteiger partial charge is 0.130 e. The lowest BCUT2D eigenvalue weighted by Crippen LogP contribution is -2.63. The third kappa shape index (κ3) is 1.72. The van der Waals surface area contributed by atoms with Crippen LogP contribution in [0.4, 0.5) is 0 Å². The number of hydrogen-bond acceptors (Lipinski definition) is 2. The van der Waals surface area contributed by atoms with Gasteiger partial charge in [0.15, 0.2) is 0 Å². The molecule has 1 heterocycles. The van der Waals surface area contributed by atoms with Gasteiger partial charge in [-0.05, 0) is 44.9 Å². The molecule has 2 nitrogen and oxygen atoms in total. The van der Waals surface area contributed by atoms with Gasteiger partial charge in [-0.3, -0.25) is 4.90 Å². The third-order valence-electron chi connectivity index (χ3n) is 3.83. The summed E-state index contributed by atoms with van der Waals surface area (Å²) in [6.07, 6.45) is 3.43. The van der Waals surface area contributed by atoms with Gasteiger partial charge in [-0.1, -0.05) is 0 Å². The van der Waals surface area contributed by atoms with E-state index in [0.717, 1.165) is 6.42 Å². The fourth-order valence-electron chi connectivity index (χ4n) is 3.15. The van der Waals surface area contributed by atoms with Gasteiger partial charge in [-0.2, -0.15) is 0 Å². The second-order valence-electron chi connectivity index (χ2n) is 5.68. The minimum absolute atomic E-state index is 0.366. The molecule has 0 aromatic heterocycles. The van der Waals surface area contributed by atoms with Gasteiger partial charge in [0.2, 0.25) is 0 Å². The van der Waals surface area contributed by atoms with E-state index < -0.39 is 0 Å². The molecule has 0 radical (unpaired) electrons. The van der Waals surface area contributed by atoms with Gasteiger partial charge in [-0.15, -0.1) is 0 Å². The Hall–Kier alpha value is -0.370. The summed E-state index contributed by atoms with van der Waals surface area (Å²) in [5.74, 6) is 1.08. The topological polar surface area (TPSA) is 20.3 Å². The molecule has 1 aliphatic carbocycles. The van der Waals surface area contributed by atoms with Crippen LogP contribution in [0.15, 0.2) is 0 Å². The lowest BCUT2D eigenvalue weighted by Gasteiger charge is -2.60. The van der Waals surface area contributed by atoms with Crippen LogP contribution in [-0.4, -0.2) is 29.8 Å². The van der Waals surface area contributed by atoms with Crippen LogP contribution in [0.5, 0.6) is 0 Å².